The fraction of sp³-hybridized carbons (Fsp3) is 0.190. The van der Waals surface area contributed by atoms with E-state index in [1.165, 1.54) is 11.8 Å². The number of ether oxygens (including phenoxy) is 1. The van der Waals surface area contributed by atoms with Gasteiger partial charge in [0.15, 0.2) is 0 Å². The molecule has 2 aromatic carbocycles. The van der Waals surface area contributed by atoms with Crippen molar-refractivity contribution in [3.8, 4) is 11.8 Å². The summed E-state index contributed by atoms with van der Waals surface area (Å²) in [6.07, 6.45) is 0. The highest BCUT2D eigenvalue weighted by Crippen LogP contribution is 2.27. The number of fused-ring (bicyclic) bond motifs is 1. The first-order valence-electron chi connectivity index (χ1n) is 8.56. The van der Waals surface area contributed by atoms with Crippen LogP contribution in [0.3, 0.4) is 0 Å². The maximum absolute atomic E-state index is 12.3. The Morgan fingerprint density at radius 1 is 1.26 bits per heavy atom. The fourth-order valence-electron chi connectivity index (χ4n) is 2.61. The number of benzene rings is 2. The Morgan fingerprint density at radius 2 is 2.07 bits per heavy atom. The van der Waals surface area contributed by atoms with E-state index in [1.54, 1.807) is 6.07 Å². The highest BCUT2D eigenvalue weighted by Gasteiger charge is 2.11. The SMILES string of the molecule is CCOc1ccc2cc(C#N)c(SCC(=O)Nc3ccccc3C)nc2c1. The van der Waals surface area contributed by atoms with E-state index in [9.17, 15) is 10.1 Å². The van der Waals surface area contributed by atoms with Crippen LogP contribution in [0.2, 0.25) is 0 Å². The molecule has 0 aliphatic rings. The number of aryl methyl sites for hydroxylation is 1. The van der Waals surface area contributed by atoms with Crippen molar-refractivity contribution in [2.24, 2.45) is 0 Å². The van der Waals surface area contributed by atoms with Crippen molar-refractivity contribution in [1.29, 1.82) is 5.26 Å². The van der Waals surface area contributed by atoms with Gasteiger partial charge in [0.1, 0.15) is 16.8 Å². The van der Waals surface area contributed by atoms with Crippen molar-refractivity contribution >= 4 is 34.3 Å². The first-order valence-corrected chi connectivity index (χ1v) is 9.55. The summed E-state index contributed by atoms with van der Waals surface area (Å²) >= 11 is 1.25. The number of hydrogen-bond acceptors (Lipinski definition) is 5. The summed E-state index contributed by atoms with van der Waals surface area (Å²) in [5.74, 6) is 0.769. The van der Waals surface area contributed by atoms with Gasteiger partial charge in [-0.05, 0) is 43.7 Å². The number of hydrogen-bond donors (Lipinski definition) is 1. The molecule has 0 radical (unpaired) electrons. The van der Waals surface area contributed by atoms with Crippen LogP contribution in [0.5, 0.6) is 5.75 Å². The molecule has 1 N–H and O–H groups in total. The van der Waals surface area contributed by atoms with Crippen molar-refractivity contribution in [2.75, 3.05) is 17.7 Å². The zero-order chi connectivity index (χ0) is 19.2. The van der Waals surface area contributed by atoms with Gasteiger partial charge in [-0.25, -0.2) is 4.98 Å². The molecule has 0 saturated carbocycles. The molecule has 27 heavy (non-hydrogen) atoms. The number of thioether (sulfide) groups is 1. The lowest BCUT2D eigenvalue weighted by Gasteiger charge is -2.09. The Balaban J connectivity index is 1.77. The molecule has 6 heteroatoms. The van der Waals surface area contributed by atoms with Gasteiger partial charge in [-0.15, -0.1) is 0 Å². The number of para-hydroxylation sites is 1. The van der Waals surface area contributed by atoms with Crippen molar-refractivity contribution < 1.29 is 9.53 Å². The molecular weight excluding hydrogens is 358 g/mol. The maximum Gasteiger partial charge on any atom is 0.234 e. The molecule has 0 aliphatic heterocycles. The molecular formula is C21H19N3O2S. The molecule has 0 bridgehead atoms. The van der Waals surface area contributed by atoms with Crippen LogP contribution >= 0.6 is 11.8 Å². The molecule has 1 heterocycles. The van der Waals surface area contributed by atoms with E-state index in [-0.39, 0.29) is 11.7 Å². The quantitative estimate of drug-likeness (QED) is 0.638. The van der Waals surface area contributed by atoms with Gasteiger partial charge >= 0.3 is 0 Å². The molecule has 0 aliphatic carbocycles. The molecule has 3 aromatic rings. The summed E-state index contributed by atoms with van der Waals surface area (Å²) < 4.78 is 5.51. The van der Waals surface area contributed by atoms with Crippen molar-refractivity contribution in [3.05, 3.63) is 59.7 Å². The molecule has 1 amide bonds. The van der Waals surface area contributed by atoms with Crippen LogP contribution in [0.15, 0.2) is 53.6 Å². The normalized spacial score (nSPS) is 10.4. The molecule has 3 rings (SSSR count). The van der Waals surface area contributed by atoms with Crippen LogP contribution in [0.4, 0.5) is 5.69 Å². The van der Waals surface area contributed by atoms with Crippen LogP contribution in [0, 0.1) is 18.3 Å². The summed E-state index contributed by atoms with van der Waals surface area (Å²) in [6, 6.07) is 17.1. The highest BCUT2D eigenvalue weighted by molar-refractivity contribution is 8.00. The van der Waals surface area contributed by atoms with Gasteiger partial charge in [-0.3, -0.25) is 4.79 Å². The Hall–Kier alpha value is -3.04. The van der Waals surface area contributed by atoms with Crippen LogP contribution < -0.4 is 10.1 Å². The van der Waals surface area contributed by atoms with Gasteiger partial charge in [0.25, 0.3) is 0 Å². The van der Waals surface area contributed by atoms with E-state index in [0.29, 0.717) is 17.2 Å². The van der Waals surface area contributed by atoms with E-state index in [1.807, 2.05) is 56.3 Å². The summed E-state index contributed by atoms with van der Waals surface area (Å²) in [5.41, 5.74) is 2.99. The minimum absolute atomic E-state index is 0.136. The van der Waals surface area contributed by atoms with Crippen LogP contribution in [0.25, 0.3) is 10.9 Å². The third-order valence-corrected chi connectivity index (χ3v) is 4.94. The molecule has 0 unspecified atom stereocenters. The minimum atomic E-state index is -0.136. The number of carbonyl (C=O) groups excluding carboxylic acids is 1. The third-order valence-electron chi connectivity index (χ3n) is 3.94. The summed E-state index contributed by atoms with van der Waals surface area (Å²) in [6.45, 7) is 4.44. The van der Waals surface area contributed by atoms with E-state index in [0.717, 1.165) is 27.9 Å². The number of aromatic nitrogens is 1. The lowest BCUT2D eigenvalue weighted by atomic mass is 10.1. The zero-order valence-electron chi connectivity index (χ0n) is 15.2. The molecule has 0 saturated heterocycles. The van der Waals surface area contributed by atoms with Gasteiger partial charge in [0, 0.05) is 17.1 Å². The van der Waals surface area contributed by atoms with Crippen LogP contribution in [-0.2, 0) is 4.79 Å². The number of nitrogens with one attached hydrogen (secondary N) is 1. The zero-order valence-corrected chi connectivity index (χ0v) is 16.0. The highest BCUT2D eigenvalue weighted by atomic mass is 32.2. The second-order valence-corrected chi connectivity index (χ2v) is 6.86. The summed E-state index contributed by atoms with van der Waals surface area (Å²) in [7, 11) is 0. The largest absolute Gasteiger partial charge is 0.494 e. The summed E-state index contributed by atoms with van der Waals surface area (Å²) in [5, 5.41) is 13.7. The van der Waals surface area contributed by atoms with Crippen molar-refractivity contribution in [3.63, 3.8) is 0 Å². The van der Waals surface area contributed by atoms with E-state index in [2.05, 4.69) is 16.4 Å². The lowest BCUT2D eigenvalue weighted by Crippen LogP contribution is -2.15. The smallest absolute Gasteiger partial charge is 0.234 e. The molecule has 0 spiro atoms. The van der Waals surface area contributed by atoms with Gasteiger partial charge in [-0.1, -0.05) is 30.0 Å². The predicted octanol–water partition coefficient (Wildman–Crippen LogP) is 4.54. The first kappa shape index (κ1) is 18.7. The Kier molecular flexibility index (Phi) is 5.94. The Bertz CT molecular complexity index is 1030. The molecule has 0 atom stereocenters. The first-order chi connectivity index (χ1) is 13.1. The van der Waals surface area contributed by atoms with Gasteiger partial charge in [-0.2, -0.15) is 5.26 Å². The average molecular weight is 377 g/mol. The van der Waals surface area contributed by atoms with Gasteiger partial charge in [0.2, 0.25) is 5.91 Å². The predicted molar refractivity (Wildman–Crippen MR) is 108 cm³/mol. The number of nitriles is 1. The monoisotopic (exact) mass is 377 g/mol. The van der Waals surface area contributed by atoms with Gasteiger partial charge < -0.3 is 10.1 Å². The van der Waals surface area contributed by atoms with Crippen LogP contribution in [0.1, 0.15) is 18.1 Å². The van der Waals surface area contributed by atoms with Crippen LogP contribution in [-0.4, -0.2) is 23.3 Å². The number of amides is 1. The average Bonchev–Trinajstić information content (AvgIpc) is 2.67. The topological polar surface area (TPSA) is 75.0 Å². The standard InChI is InChI=1S/C21H19N3O2S/c1-3-26-17-9-8-15-10-16(12-22)21(24-19(15)11-17)27-13-20(25)23-18-7-5-4-6-14(18)2/h4-11H,3,13H2,1-2H3,(H,23,25). The van der Waals surface area contributed by atoms with E-state index in [4.69, 9.17) is 4.74 Å². The lowest BCUT2D eigenvalue weighted by molar-refractivity contribution is -0.113. The number of carbonyl (C=O) groups is 1. The number of rotatable bonds is 6. The van der Waals surface area contributed by atoms with Crippen molar-refractivity contribution in [1.82, 2.24) is 4.98 Å². The maximum atomic E-state index is 12.3. The number of nitrogens with zero attached hydrogens (tertiary/aromatic N) is 2. The molecule has 136 valence electrons. The van der Waals surface area contributed by atoms with E-state index < -0.39 is 0 Å². The number of anilines is 1. The number of pyridine rings is 1. The molecule has 5 nitrogen and oxygen atoms in total. The Morgan fingerprint density at radius 3 is 2.81 bits per heavy atom. The van der Waals surface area contributed by atoms with Crippen molar-refractivity contribution in [2.45, 2.75) is 18.9 Å². The van der Waals surface area contributed by atoms with E-state index >= 15 is 0 Å². The third kappa shape index (κ3) is 4.57. The Labute approximate surface area is 162 Å². The summed E-state index contributed by atoms with van der Waals surface area (Å²) in [4.78, 5) is 16.8. The second kappa shape index (κ2) is 8.56. The molecule has 1 aromatic heterocycles. The minimum Gasteiger partial charge on any atom is -0.494 e. The fourth-order valence-corrected chi connectivity index (χ4v) is 3.37. The van der Waals surface area contributed by atoms with Gasteiger partial charge in [0.05, 0.1) is 23.4 Å². The molecule has 0 fully saturated rings. The second-order valence-electron chi connectivity index (χ2n) is 5.89.